The number of benzene rings is 2. The second-order valence-electron chi connectivity index (χ2n) is 6.17. The lowest BCUT2D eigenvalue weighted by Gasteiger charge is -2.17. The minimum atomic E-state index is -4.54. The van der Waals surface area contributed by atoms with Gasteiger partial charge in [-0.1, -0.05) is 36.4 Å². The summed E-state index contributed by atoms with van der Waals surface area (Å²) in [6.07, 6.45) is -1.11. The minimum Gasteiger partial charge on any atom is -0.335 e. The minimum absolute atomic E-state index is 0.165. The molecule has 138 valence electrons. The Kier molecular flexibility index (Phi) is 4.10. The normalized spacial score (nSPS) is 15.1. The van der Waals surface area contributed by atoms with E-state index in [0.717, 1.165) is 22.9 Å². The van der Waals surface area contributed by atoms with Crippen LogP contribution in [0.1, 0.15) is 17.2 Å². The number of para-hydroxylation sites is 1. The SMILES string of the molecule is O=C(NCC1c2ccccc2-c2cncn21)Nc1ccccc1C(F)(F)F. The van der Waals surface area contributed by atoms with Gasteiger partial charge in [0, 0.05) is 12.1 Å². The number of fused-ring (bicyclic) bond motifs is 3. The molecule has 27 heavy (non-hydrogen) atoms. The molecule has 2 aromatic carbocycles. The first-order valence-corrected chi connectivity index (χ1v) is 8.27. The fourth-order valence-corrected chi connectivity index (χ4v) is 3.34. The molecule has 1 aliphatic heterocycles. The third-order valence-corrected chi connectivity index (χ3v) is 4.53. The number of alkyl halides is 3. The second kappa shape index (κ2) is 6.46. The molecule has 0 saturated carbocycles. The van der Waals surface area contributed by atoms with E-state index >= 15 is 0 Å². The van der Waals surface area contributed by atoms with E-state index in [9.17, 15) is 18.0 Å². The van der Waals surface area contributed by atoms with Crippen molar-refractivity contribution < 1.29 is 18.0 Å². The first kappa shape index (κ1) is 17.1. The van der Waals surface area contributed by atoms with Crippen LogP contribution < -0.4 is 10.6 Å². The summed E-state index contributed by atoms with van der Waals surface area (Å²) in [6.45, 7) is 0.223. The number of amides is 2. The maximum Gasteiger partial charge on any atom is 0.418 e. The molecule has 3 aromatic rings. The first-order chi connectivity index (χ1) is 12.9. The Balaban J connectivity index is 1.49. The molecule has 2 N–H and O–H groups in total. The molecule has 1 unspecified atom stereocenters. The predicted molar refractivity (Wildman–Crippen MR) is 94.3 cm³/mol. The Hall–Kier alpha value is -3.29. The molecule has 0 aliphatic carbocycles. The highest BCUT2D eigenvalue weighted by molar-refractivity contribution is 5.90. The van der Waals surface area contributed by atoms with E-state index in [4.69, 9.17) is 0 Å². The molecule has 2 heterocycles. The summed E-state index contributed by atoms with van der Waals surface area (Å²) in [5.41, 5.74) is 1.84. The van der Waals surface area contributed by atoms with E-state index in [2.05, 4.69) is 15.6 Å². The summed E-state index contributed by atoms with van der Waals surface area (Å²) in [7, 11) is 0. The number of aromatic nitrogens is 2. The van der Waals surface area contributed by atoms with Gasteiger partial charge in [-0.05, 0) is 17.7 Å². The molecular formula is C19H15F3N4O. The number of carbonyl (C=O) groups is 1. The smallest absolute Gasteiger partial charge is 0.335 e. The van der Waals surface area contributed by atoms with Crippen molar-refractivity contribution in [2.45, 2.75) is 12.2 Å². The number of nitrogens with zero attached hydrogens (tertiary/aromatic N) is 2. The number of nitrogens with one attached hydrogen (secondary N) is 2. The van der Waals surface area contributed by atoms with Crippen molar-refractivity contribution in [2.24, 2.45) is 0 Å². The second-order valence-corrected chi connectivity index (χ2v) is 6.17. The number of carbonyl (C=O) groups excluding carboxylic acids is 1. The number of anilines is 1. The molecule has 0 bridgehead atoms. The lowest BCUT2D eigenvalue weighted by molar-refractivity contribution is -0.136. The van der Waals surface area contributed by atoms with Crippen molar-refractivity contribution in [1.82, 2.24) is 14.9 Å². The van der Waals surface area contributed by atoms with E-state index in [0.29, 0.717) is 0 Å². The van der Waals surface area contributed by atoms with E-state index in [1.165, 1.54) is 18.2 Å². The van der Waals surface area contributed by atoms with Crippen LogP contribution in [0.4, 0.5) is 23.7 Å². The fourth-order valence-electron chi connectivity index (χ4n) is 3.34. The molecule has 1 atom stereocenters. The van der Waals surface area contributed by atoms with Crippen LogP contribution >= 0.6 is 0 Å². The van der Waals surface area contributed by atoms with Crippen molar-refractivity contribution in [3.05, 3.63) is 72.2 Å². The zero-order chi connectivity index (χ0) is 19.0. The summed E-state index contributed by atoms with van der Waals surface area (Å²) in [4.78, 5) is 16.3. The Labute approximate surface area is 152 Å². The molecule has 2 amide bonds. The van der Waals surface area contributed by atoms with Crippen LogP contribution in [0.5, 0.6) is 0 Å². The monoisotopic (exact) mass is 372 g/mol. The van der Waals surface area contributed by atoms with Gasteiger partial charge in [0.15, 0.2) is 0 Å². The highest BCUT2D eigenvalue weighted by Gasteiger charge is 2.34. The number of rotatable bonds is 3. The van der Waals surface area contributed by atoms with E-state index in [1.54, 1.807) is 12.5 Å². The van der Waals surface area contributed by atoms with Crippen molar-refractivity contribution in [3.63, 3.8) is 0 Å². The average molecular weight is 372 g/mol. The lowest BCUT2D eigenvalue weighted by atomic mass is 10.0. The summed E-state index contributed by atoms with van der Waals surface area (Å²) >= 11 is 0. The maximum atomic E-state index is 13.0. The van der Waals surface area contributed by atoms with Gasteiger partial charge in [0.1, 0.15) is 0 Å². The zero-order valence-corrected chi connectivity index (χ0v) is 14.0. The number of hydrogen-bond acceptors (Lipinski definition) is 2. The third-order valence-electron chi connectivity index (χ3n) is 4.53. The van der Waals surface area contributed by atoms with Gasteiger partial charge in [0.25, 0.3) is 0 Å². The maximum absolute atomic E-state index is 13.0. The molecule has 0 spiro atoms. The van der Waals surface area contributed by atoms with Crippen LogP contribution in [-0.2, 0) is 6.18 Å². The average Bonchev–Trinajstić information content (AvgIpc) is 3.21. The van der Waals surface area contributed by atoms with Crippen LogP contribution in [0.2, 0.25) is 0 Å². The Morgan fingerprint density at radius 3 is 2.67 bits per heavy atom. The van der Waals surface area contributed by atoms with Crippen molar-refractivity contribution in [3.8, 4) is 11.3 Å². The van der Waals surface area contributed by atoms with E-state index in [1.807, 2.05) is 28.8 Å². The number of imidazole rings is 1. The van der Waals surface area contributed by atoms with Gasteiger partial charge in [-0.3, -0.25) is 0 Å². The predicted octanol–water partition coefficient (Wildman–Crippen LogP) is 4.29. The van der Waals surface area contributed by atoms with Crippen LogP contribution in [0, 0.1) is 0 Å². The molecule has 8 heteroatoms. The molecular weight excluding hydrogens is 357 g/mol. The van der Waals surface area contributed by atoms with Crippen molar-refractivity contribution in [1.29, 1.82) is 0 Å². The molecule has 1 aromatic heterocycles. The lowest BCUT2D eigenvalue weighted by Crippen LogP contribution is -2.34. The number of halogens is 3. The molecule has 4 rings (SSSR count). The number of hydrogen-bond donors (Lipinski definition) is 2. The van der Waals surface area contributed by atoms with Gasteiger partial charge in [0.05, 0.1) is 35.5 Å². The molecule has 0 fully saturated rings. The molecule has 0 radical (unpaired) electrons. The quantitative estimate of drug-likeness (QED) is 0.720. The van der Waals surface area contributed by atoms with Crippen LogP contribution in [0.15, 0.2) is 61.1 Å². The van der Waals surface area contributed by atoms with Gasteiger partial charge in [-0.15, -0.1) is 0 Å². The largest absolute Gasteiger partial charge is 0.418 e. The highest BCUT2D eigenvalue weighted by atomic mass is 19.4. The van der Waals surface area contributed by atoms with Crippen molar-refractivity contribution in [2.75, 3.05) is 11.9 Å². The van der Waals surface area contributed by atoms with Gasteiger partial charge in [-0.25, -0.2) is 9.78 Å². The summed E-state index contributed by atoms with van der Waals surface area (Å²) in [5, 5.41) is 4.95. The van der Waals surface area contributed by atoms with Gasteiger partial charge >= 0.3 is 12.2 Å². The third kappa shape index (κ3) is 3.14. The van der Waals surface area contributed by atoms with Crippen molar-refractivity contribution >= 4 is 11.7 Å². The Morgan fingerprint density at radius 2 is 1.85 bits per heavy atom. The summed E-state index contributed by atoms with van der Waals surface area (Å²) in [6, 6.07) is 11.8. The Bertz CT molecular complexity index is 996. The van der Waals surface area contributed by atoms with E-state index in [-0.39, 0.29) is 18.3 Å². The van der Waals surface area contributed by atoms with E-state index < -0.39 is 17.8 Å². The molecule has 1 aliphatic rings. The molecule has 0 saturated heterocycles. The Morgan fingerprint density at radius 1 is 1.11 bits per heavy atom. The summed E-state index contributed by atoms with van der Waals surface area (Å²) < 4.78 is 41.1. The van der Waals surface area contributed by atoms with Crippen LogP contribution in [-0.4, -0.2) is 22.1 Å². The summed E-state index contributed by atoms with van der Waals surface area (Å²) in [5.74, 6) is 0. The first-order valence-electron chi connectivity index (χ1n) is 8.27. The highest BCUT2D eigenvalue weighted by Crippen LogP contribution is 2.38. The fraction of sp³-hybridized carbons (Fsp3) is 0.158. The zero-order valence-electron chi connectivity index (χ0n) is 14.0. The number of urea groups is 1. The standard InChI is InChI=1S/C19H15F3N4O/c20-19(21,22)14-7-3-4-8-15(14)25-18(27)24-10-17-13-6-2-1-5-12(13)16-9-23-11-26(16)17/h1-9,11,17H,10H2,(H2,24,25,27). The van der Waals surface area contributed by atoms with Crippen LogP contribution in [0.25, 0.3) is 11.3 Å². The van der Waals surface area contributed by atoms with Gasteiger partial charge in [-0.2, -0.15) is 13.2 Å². The molecule has 5 nitrogen and oxygen atoms in total. The topological polar surface area (TPSA) is 59.0 Å². The van der Waals surface area contributed by atoms with Crippen LogP contribution in [0.3, 0.4) is 0 Å². The van der Waals surface area contributed by atoms with Gasteiger partial charge in [0.2, 0.25) is 0 Å². The van der Waals surface area contributed by atoms with Gasteiger partial charge < -0.3 is 15.2 Å².